The molecular weight excluding hydrogens is 358 g/mol. The van der Waals surface area contributed by atoms with E-state index in [1.807, 2.05) is 39.4 Å². The molecule has 0 aromatic carbocycles. The molecule has 8 nitrogen and oxygen atoms in total. The lowest BCUT2D eigenvalue weighted by molar-refractivity contribution is -0.152. The molecule has 0 saturated carbocycles. The Hall–Kier alpha value is -2.64. The molecule has 0 bridgehead atoms. The summed E-state index contributed by atoms with van der Waals surface area (Å²) in [6.45, 7) is 14.1. The zero-order valence-corrected chi connectivity index (χ0v) is 18.1. The molecule has 28 heavy (non-hydrogen) atoms. The summed E-state index contributed by atoms with van der Waals surface area (Å²) in [6, 6.07) is 0. The van der Waals surface area contributed by atoms with Crippen LogP contribution in [0.15, 0.2) is 0 Å². The average Bonchev–Trinajstić information content (AvgIpc) is 2.98. The Morgan fingerprint density at radius 1 is 1.04 bits per heavy atom. The molecule has 0 aliphatic carbocycles. The first-order chi connectivity index (χ1) is 13.0. The summed E-state index contributed by atoms with van der Waals surface area (Å²) in [5.41, 5.74) is 4.84. The minimum absolute atomic E-state index is 0.0956. The number of rotatable bonds is 7. The van der Waals surface area contributed by atoms with E-state index in [1.165, 1.54) is 0 Å². The number of esters is 1. The van der Waals surface area contributed by atoms with E-state index < -0.39 is 12.1 Å². The van der Waals surface area contributed by atoms with Crippen LogP contribution in [0.25, 0.3) is 0 Å². The molecule has 1 amide bonds. The second-order valence-electron chi connectivity index (χ2n) is 7.69. The van der Waals surface area contributed by atoms with Gasteiger partial charge in [0.15, 0.2) is 6.10 Å². The van der Waals surface area contributed by atoms with Crippen molar-refractivity contribution in [2.75, 3.05) is 5.32 Å². The normalized spacial score (nSPS) is 12.3. The van der Waals surface area contributed by atoms with Crippen molar-refractivity contribution in [2.45, 2.75) is 67.5 Å². The van der Waals surface area contributed by atoms with Gasteiger partial charge >= 0.3 is 5.97 Å². The molecular formula is C20H31N5O3. The summed E-state index contributed by atoms with van der Waals surface area (Å²) < 4.78 is 8.98. The van der Waals surface area contributed by atoms with E-state index >= 15 is 0 Å². The van der Waals surface area contributed by atoms with Crippen LogP contribution < -0.4 is 5.32 Å². The summed E-state index contributed by atoms with van der Waals surface area (Å²) in [6.07, 6.45) is -0.809. The third-order valence-corrected chi connectivity index (χ3v) is 4.83. The third-order valence-electron chi connectivity index (χ3n) is 4.83. The molecule has 0 fully saturated rings. The van der Waals surface area contributed by atoms with Crippen molar-refractivity contribution in [3.8, 4) is 0 Å². The highest BCUT2D eigenvalue weighted by Crippen LogP contribution is 2.19. The Bertz CT molecular complexity index is 879. The highest BCUT2D eigenvalue weighted by atomic mass is 16.5. The number of hydrogen-bond donors (Lipinski definition) is 1. The molecule has 2 aromatic heterocycles. The van der Waals surface area contributed by atoms with Gasteiger partial charge in [-0.15, -0.1) is 0 Å². The van der Waals surface area contributed by atoms with Gasteiger partial charge in [0, 0.05) is 24.8 Å². The standard InChI is InChI=1S/C20H31N5O3/c1-11(2)10-25-14(5)17(12(3)23-25)9-18(26)28-16(7)20(27)21-19-13(4)22-24(8)15(19)6/h11,16H,9-10H2,1-8H3,(H,21,27). The fraction of sp³-hybridized carbons (Fsp3) is 0.600. The fourth-order valence-corrected chi connectivity index (χ4v) is 3.13. The number of ether oxygens (including phenoxy) is 1. The average molecular weight is 390 g/mol. The molecule has 0 radical (unpaired) electrons. The highest BCUT2D eigenvalue weighted by molar-refractivity contribution is 5.96. The Balaban J connectivity index is 2.01. The second kappa shape index (κ2) is 8.58. The lowest BCUT2D eigenvalue weighted by Crippen LogP contribution is -2.31. The maximum Gasteiger partial charge on any atom is 0.311 e. The van der Waals surface area contributed by atoms with Gasteiger partial charge < -0.3 is 10.1 Å². The van der Waals surface area contributed by atoms with Crippen molar-refractivity contribution >= 4 is 17.6 Å². The van der Waals surface area contributed by atoms with Crippen molar-refractivity contribution in [2.24, 2.45) is 13.0 Å². The molecule has 0 aliphatic rings. The van der Waals surface area contributed by atoms with Gasteiger partial charge in [0.25, 0.3) is 5.91 Å². The topological polar surface area (TPSA) is 91.0 Å². The van der Waals surface area contributed by atoms with Gasteiger partial charge in [-0.25, -0.2) is 0 Å². The molecule has 2 heterocycles. The van der Waals surface area contributed by atoms with Crippen LogP contribution in [0.3, 0.4) is 0 Å². The van der Waals surface area contributed by atoms with Crippen molar-refractivity contribution in [3.63, 3.8) is 0 Å². The van der Waals surface area contributed by atoms with Crippen molar-refractivity contribution < 1.29 is 14.3 Å². The van der Waals surface area contributed by atoms with Crippen LogP contribution in [0.5, 0.6) is 0 Å². The van der Waals surface area contributed by atoms with Crippen molar-refractivity contribution in [1.82, 2.24) is 19.6 Å². The number of hydrogen-bond acceptors (Lipinski definition) is 5. The maximum atomic E-state index is 12.4. The first-order valence-corrected chi connectivity index (χ1v) is 9.54. The summed E-state index contributed by atoms with van der Waals surface area (Å²) in [7, 11) is 1.81. The Kier molecular flexibility index (Phi) is 6.64. The van der Waals surface area contributed by atoms with Gasteiger partial charge in [-0.05, 0) is 40.5 Å². The number of nitrogens with zero attached hydrogens (tertiary/aromatic N) is 4. The first-order valence-electron chi connectivity index (χ1n) is 9.54. The number of amides is 1. The number of carbonyl (C=O) groups is 2. The van der Waals surface area contributed by atoms with Crippen LogP contribution in [0.1, 0.15) is 49.1 Å². The second-order valence-corrected chi connectivity index (χ2v) is 7.69. The number of aromatic nitrogens is 4. The Morgan fingerprint density at radius 2 is 1.68 bits per heavy atom. The van der Waals surface area contributed by atoms with E-state index in [0.29, 0.717) is 11.6 Å². The number of anilines is 1. The smallest absolute Gasteiger partial charge is 0.311 e. The minimum Gasteiger partial charge on any atom is -0.452 e. The van der Waals surface area contributed by atoms with E-state index in [2.05, 4.69) is 29.4 Å². The summed E-state index contributed by atoms with van der Waals surface area (Å²) in [4.78, 5) is 24.8. The zero-order chi connectivity index (χ0) is 21.2. The SMILES string of the molecule is Cc1nn(CC(C)C)c(C)c1CC(=O)OC(C)C(=O)Nc1c(C)nn(C)c1C. The summed E-state index contributed by atoms with van der Waals surface area (Å²) >= 11 is 0. The van der Waals surface area contributed by atoms with E-state index in [-0.39, 0.29) is 12.3 Å². The van der Waals surface area contributed by atoms with Crippen LogP contribution >= 0.6 is 0 Å². The van der Waals surface area contributed by atoms with E-state index in [9.17, 15) is 9.59 Å². The quantitative estimate of drug-likeness (QED) is 0.735. The highest BCUT2D eigenvalue weighted by Gasteiger charge is 2.23. The zero-order valence-electron chi connectivity index (χ0n) is 18.1. The summed E-state index contributed by atoms with van der Waals surface area (Å²) in [5.74, 6) is -0.366. The van der Waals surface area contributed by atoms with Crippen LogP contribution in [-0.4, -0.2) is 37.5 Å². The Morgan fingerprint density at radius 3 is 2.21 bits per heavy atom. The molecule has 2 rings (SSSR count). The number of carbonyl (C=O) groups excluding carboxylic acids is 2. The largest absolute Gasteiger partial charge is 0.452 e. The third kappa shape index (κ3) is 4.79. The molecule has 0 saturated heterocycles. The van der Waals surface area contributed by atoms with Crippen LogP contribution in [0.4, 0.5) is 5.69 Å². The number of aryl methyl sites for hydroxylation is 3. The lowest BCUT2D eigenvalue weighted by Gasteiger charge is -2.14. The molecule has 8 heteroatoms. The predicted molar refractivity (Wildman–Crippen MR) is 107 cm³/mol. The first kappa shape index (κ1) is 21.7. The van der Waals surface area contributed by atoms with E-state index in [4.69, 9.17) is 4.74 Å². The molecule has 2 aromatic rings. The molecule has 1 atom stereocenters. The van der Waals surface area contributed by atoms with Gasteiger partial charge in [-0.2, -0.15) is 10.2 Å². The molecule has 0 aliphatic heterocycles. The van der Waals surface area contributed by atoms with E-state index in [0.717, 1.165) is 34.9 Å². The van der Waals surface area contributed by atoms with Crippen molar-refractivity contribution in [3.05, 3.63) is 28.3 Å². The predicted octanol–water partition coefficient (Wildman–Crippen LogP) is 2.62. The lowest BCUT2D eigenvalue weighted by atomic mass is 10.1. The van der Waals surface area contributed by atoms with Gasteiger partial charge in [0.05, 0.1) is 29.2 Å². The number of nitrogens with one attached hydrogen (secondary N) is 1. The molecule has 154 valence electrons. The van der Waals surface area contributed by atoms with Crippen molar-refractivity contribution in [1.29, 1.82) is 0 Å². The van der Waals surface area contributed by atoms with Gasteiger partial charge in [0.2, 0.25) is 0 Å². The van der Waals surface area contributed by atoms with Gasteiger partial charge in [0.1, 0.15) is 0 Å². The Labute approximate surface area is 166 Å². The van der Waals surface area contributed by atoms with Crippen LogP contribution in [0.2, 0.25) is 0 Å². The minimum atomic E-state index is -0.905. The molecule has 1 unspecified atom stereocenters. The van der Waals surface area contributed by atoms with Crippen LogP contribution in [-0.2, 0) is 34.3 Å². The van der Waals surface area contributed by atoms with E-state index in [1.54, 1.807) is 11.6 Å². The van der Waals surface area contributed by atoms with Gasteiger partial charge in [-0.3, -0.25) is 19.0 Å². The monoisotopic (exact) mass is 389 g/mol. The summed E-state index contributed by atoms with van der Waals surface area (Å²) in [5, 5.41) is 11.6. The van der Waals surface area contributed by atoms with Crippen LogP contribution in [0, 0.1) is 33.6 Å². The maximum absolute atomic E-state index is 12.4. The molecule has 0 spiro atoms. The fourth-order valence-electron chi connectivity index (χ4n) is 3.13. The molecule has 1 N–H and O–H groups in total. The van der Waals surface area contributed by atoms with Gasteiger partial charge in [-0.1, -0.05) is 13.8 Å².